The molecule has 0 radical (unpaired) electrons. The molecular formula is C54H88ClN7O19P2. The lowest BCUT2D eigenvalue weighted by Crippen LogP contribution is -2.56. The fourth-order valence-electron chi connectivity index (χ4n) is 8.13. The third-order valence-electron chi connectivity index (χ3n) is 13.5. The number of esters is 2. The molecule has 0 bridgehead atoms. The van der Waals surface area contributed by atoms with Crippen molar-refractivity contribution >= 4 is 74.8 Å². The molecule has 29 heteroatoms. The molecule has 1 aromatic rings. The first-order valence-electron chi connectivity index (χ1n) is 27.8. The van der Waals surface area contributed by atoms with Crippen molar-refractivity contribution in [3.63, 3.8) is 0 Å². The summed E-state index contributed by atoms with van der Waals surface area (Å²) in [7, 11) is -7.03. The van der Waals surface area contributed by atoms with Crippen LogP contribution in [-0.4, -0.2) is 157 Å². The molecule has 1 heterocycles. The third kappa shape index (κ3) is 27.5. The molecule has 470 valence electrons. The van der Waals surface area contributed by atoms with Gasteiger partial charge in [0.15, 0.2) is 6.10 Å². The minimum atomic E-state index is -4.94. The maximum Gasteiger partial charge on any atom is 0.499 e. The highest BCUT2D eigenvalue weighted by molar-refractivity contribution is 7.49. The summed E-state index contributed by atoms with van der Waals surface area (Å²) in [6.07, 6.45) is 1.37. The second-order valence-corrected chi connectivity index (χ2v) is 24.0. The van der Waals surface area contributed by atoms with Gasteiger partial charge in [0, 0.05) is 50.0 Å². The topological polar surface area (TPSA) is 356 Å². The van der Waals surface area contributed by atoms with Gasteiger partial charge < -0.3 is 60.8 Å². The van der Waals surface area contributed by atoms with E-state index in [1.54, 1.807) is 78.8 Å². The maximum atomic E-state index is 14.2. The van der Waals surface area contributed by atoms with E-state index < -0.39 is 125 Å². The number of hydrogen-bond donors (Lipinski definition) is 7. The van der Waals surface area contributed by atoms with E-state index in [0.29, 0.717) is 61.2 Å². The second kappa shape index (κ2) is 37.2. The SMILES string of the molecule is C/C=C(\C)[C@H]1OC(=O)[C@@H](C)NC(=O)[C@H](C(C)CC)NC(=O)CN(C)C(=O)C(Cc2ccc(Cl)cc2)N(C)C(=O)CNC(=O)[C@@H](CC(C)C)OC(=O)/C(C)=C/C[C@H](OC(=O)NCCCCCOP(=O)(O)OOP(=O)(O)OCCCCCN)[C@@H]1C. The first-order valence-corrected chi connectivity index (χ1v) is 31.1. The number of benzene rings is 1. The quantitative estimate of drug-likeness (QED) is 0.0124. The van der Waals surface area contributed by atoms with Gasteiger partial charge in [0.05, 0.1) is 26.3 Å². The standard InChI is InChI=1S/C54H88ClN7O19P2/c1-12-35(5)47-50(66)59-39(9)53(69)79-48(36(6)13-2)38(8)43(78-54(70)57-27-17-15-19-29-76-83(73,74)81-80-82(71,72)75-28-18-14-16-26-56)25-20-37(7)52(68)77-44(30-34(3)4)49(65)58-32-46(64)62(11)42(31-40-21-23-41(55)24-22-40)51(67)61(10)33-45(63)60-47/h13,20-24,34-35,38-39,42-44,47-48H,12,14-19,25-33,56H2,1-11H3,(H,57,70)(H,58,65)(H,59,66)(H,60,63)(H,71,72)(H,73,74)/b36-13+,37-20+/t35?,38-,39+,42?,43-,44+,47-,48+/m0/s1. The number of amides is 6. The number of nitrogens with two attached hydrogens (primary N) is 1. The van der Waals surface area contributed by atoms with E-state index in [1.807, 2.05) is 0 Å². The Hall–Kier alpha value is -5.27. The Bertz CT molecular complexity index is 2470. The van der Waals surface area contributed by atoms with Gasteiger partial charge in [0.1, 0.15) is 30.3 Å². The molecule has 0 aromatic heterocycles. The number of phosphoric ester groups is 2. The van der Waals surface area contributed by atoms with E-state index in [9.17, 15) is 57.3 Å². The highest BCUT2D eigenvalue weighted by atomic mass is 35.5. The van der Waals surface area contributed by atoms with E-state index >= 15 is 0 Å². The zero-order valence-electron chi connectivity index (χ0n) is 49.6. The van der Waals surface area contributed by atoms with Crippen LogP contribution in [0.15, 0.2) is 47.6 Å². The number of hydrogen-bond acceptors (Lipinski definition) is 18. The Morgan fingerprint density at radius 3 is 2.07 bits per heavy atom. The molecule has 0 spiro atoms. The van der Waals surface area contributed by atoms with Gasteiger partial charge in [-0.25, -0.2) is 23.5 Å². The molecule has 1 aromatic carbocycles. The highest BCUT2D eigenvalue weighted by Crippen LogP contribution is 2.52. The summed E-state index contributed by atoms with van der Waals surface area (Å²) in [5, 5.41) is 10.9. The number of likely N-dealkylation sites (N-methyl/N-ethyl adjacent to an activating group) is 2. The maximum absolute atomic E-state index is 14.2. The molecule has 1 aliphatic heterocycles. The Kier molecular flexibility index (Phi) is 33.1. The van der Waals surface area contributed by atoms with E-state index in [-0.39, 0.29) is 56.9 Å². The fraction of sp³-hybridized carbons (Fsp3) is 0.667. The van der Waals surface area contributed by atoms with E-state index in [2.05, 4.69) is 35.1 Å². The monoisotopic (exact) mass is 1240 g/mol. The van der Waals surface area contributed by atoms with Crippen molar-refractivity contribution in [3.8, 4) is 0 Å². The summed E-state index contributed by atoms with van der Waals surface area (Å²) in [6.45, 7) is 13.8. The van der Waals surface area contributed by atoms with Crippen LogP contribution in [0.2, 0.25) is 5.02 Å². The van der Waals surface area contributed by atoms with Crippen LogP contribution in [-0.2, 0) is 81.7 Å². The zero-order chi connectivity index (χ0) is 62.6. The number of nitrogens with zero attached hydrogens (tertiary/aromatic N) is 2. The van der Waals surface area contributed by atoms with E-state index in [4.69, 9.17) is 36.1 Å². The first-order chi connectivity index (χ1) is 39.0. The van der Waals surface area contributed by atoms with Gasteiger partial charge in [-0.15, -0.1) is 9.35 Å². The summed E-state index contributed by atoms with van der Waals surface area (Å²) in [4.78, 5) is 133. The lowest BCUT2D eigenvalue weighted by atomic mass is 9.90. The van der Waals surface area contributed by atoms with Crippen LogP contribution in [0.1, 0.15) is 126 Å². The van der Waals surface area contributed by atoms with Crippen molar-refractivity contribution in [2.75, 3.05) is 53.5 Å². The summed E-state index contributed by atoms with van der Waals surface area (Å²) in [5.41, 5.74) is 6.56. The fourth-order valence-corrected chi connectivity index (χ4v) is 9.74. The molecule has 4 unspecified atom stereocenters. The first kappa shape index (κ1) is 73.8. The van der Waals surface area contributed by atoms with Gasteiger partial charge in [-0.3, -0.25) is 33.0 Å². The molecule has 0 fully saturated rings. The third-order valence-corrected chi connectivity index (χ3v) is 15.4. The van der Waals surface area contributed by atoms with Gasteiger partial charge in [-0.05, 0) is 114 Å². The number of carbonyl (C=O) groups excluding carboxylic acids is 8. The number of allylic oxidation sites excluding steroid dienone is 1. The molecule has 0 saturated carbocycles. The smallest absolute Gasteiger partial charge is 0.456 e. The van der Waals surface area contributed by atoms with Crippen LogP contribution in [0.5, 0.6) is 0 Å². The number of unbranched alkanes of at least 4 members (excludes halogenated alkanes) is 4. The summed E-state index contributed by atoms with van der Waals surface area (Å²) < 4.78 is 59.8. The van der Waals surface area contributed by atoms with Gasteiger partial charge in [-0.2, -0.15) is 0 Å². The molecule has 2 rings (SSSR count). The molecule has 0 aliphatic carbocycles. The van der Waals surface area contributed by atoms with Gasteiger partial charge in [0.2, 0.25) is 23.6 Å². The summed E-state index contributed by atoms with van der Waals surface area (Å²) >= 11 is 6.13. The molecule has 10 atom stereocenters. The summed E-state index contributed by atoms with van der Waals surface area (Å²) in [6, 6.07) is 2.91. The van der Waals surface area contributed by atoms with Crippen LogP contribution in [0.25, 0.3) is 0 Å². The highest BCUT2D eigenvalue weighted by Gasteiger charge is 2.37. The van der Waals surface area contributed by atoms with Crippen molar-refractivity contribution < 1.29 is 89.9 Å². The molecule has 0 saturated heterocycles. The van der Waals surface area contributed by atoms with Crippen molar-refractivity contribution in [2.45, 2.75) is 163 Å². The predicted molar refractivity (Wildman–Crippen MR) is 306 cm³/mol. The number of phosphoric acid groups is 2. The Labute approximate surface area is 492 Å². The largest absolute Gasteiger partial charge is 0.499 e. The van der Waals surface area contributed by atoms with Crippen LogP contribution < -0.4 is 27.0 Å². The van der Waals surface area contributed by atoms with Crippen LogP contribution in [0.3, 0.4) is 0 Å². The van der Waals surface area contributed by atoms with Crippen LogP contribution in [0.4, 0.5) is 4.79 Å². The number of cyclic esters (lactones) is 2. The molecule has 6 amide bonds. The van der Waals surface area contributed by atoms with E-state index in [1.165, 1.54) is 34.0 Å². The molecule has 1 aliphatic rings. The number of alkyl carbamates (subject to hydrolysis) is 1. The number of halogens is 1. The van der Waals surface area contributed by atoms with Crippen LogP contribution >= 0.6 is 27.2 Å². The lowest BCUT2D eigenvalue weighted by Gasteiger charge is -2.32. The van der Waals surface area contributed by atoms with E-state index in [0.717, 1.165) is 9.80 Å². The normalized spacial score (nSPS) is 24.5. The number of rotatable bonds is 24. The van der Waals surface area contributed by atoms with Crippen LogP contribution in [0, 0.1) is 17.8 Å². The average Bonchev–Trinajstić information content (AvgIpc) is 3.57. The number of ether oxygens (including phenoxy) is 3. The minimum Gasteiger partial charge on any atom is -0.456 e. The molecule has 8 N–H and O–H groups in total. The zero-order valence-corrected chi connectivity index (χ0v) is 52.1. The predicted octanol–water partition coefficient (Wildman–Crippen LogP) is 5.72. The second-order valence-electron chi connectivity index (χ2n) is 20.9. The molecule has 83 heavy (non-hydrogen) atoms. The number of nitrogens with one attached hydrogen (secondary N) is 4. The summed E-state index contributed by atoms with van der Waals surface area (Å²) in [5.74, 6) is -6.86. The Morgan fingerprint density at radius 2 is 1.51 bits per heavy atom. The number of carbonyl (C=O) groups is 8. The molecule has 26 nitrogen and oxygen atoms in total. The Balaban J connectivity index is 2.46. The molecular weight excluding hydrogens is 1150 g/mol. The van der Waals surface area contributed by atoms with Gasteiger partial charge >= 0.3 is 33.7 Å². The minimum absolute atomic E-state index is 0.00708. The average molecular weight is 1240 g/mol. The van der Waals surface area contributed by atoms with Crippen molar-refractivity contribution in [1.82, 2.24) is 31.1 Å². The van der Waals surface area contributed by atoms with Gasteiger partial charge in [0.25, 0.3) is 5.91 Å². The van der Waals surface area contributed by atoms with Crippen molar-refractivity contribution in [2.24, 2.45) is 23.5 Å². The lowest BCUT2D eigenvalue weighted by molar-refractivity contribution is -0.155. The van der Waals surface area contributed by atoms with Crippen molar-refractivity contribution in [3.05, 3.63) is 58.1 Å². The van der Waals surface area contributed by atoms with Crippen molar-refractivity contribution in [1.29, 1.82) is 0 Å². The Morgan fingerprint density at radius 1 is 0.904 bits per heavy atom. The van der Waals surface area contributed by atoms with Gasteiger partial charge in [-0.1, -0.05) is 76.9 Å².